The van der Waals surface area contributed by atoms with E-state index in [1.807, 2.05) is 60.7 Å². The number of rotatable bonds is 4. The molecule has 120 valence electrons. The van der Waals surface area contributed by atoms with Gasteiger partial charge >= 0.3 is 0 Å². The number of carbonyl (C=O) groups excluding carboxylic acids is 1. The first-order valence-electron chi connectivity index (χ1n) is 7.74. The van der Waals surface area contributed by atoms with Gasteiger partial charge in [-0.25, -0.2) is 4.98 Å². The second-order valence-electron chi connectivity index (χ2n) is 5.41. The van der Waals surface area contributed by atoms with Crippen molar-refractivity contribution in [3.8, 4) is 33.8 Å². The molecule has 5 heteroatoms. The molecule has 0 atom stereocenters. The summed E-state index contributed by atoms with van der Waals surface area (Å²) in [4.78, 5) is 15.3. The molecule has 0 aliphatic rings. The van der Waals surface area contributed by atoms with Crippen LogP contribution in [0.5, 0.6) is 0 Å². The monoisotopic (exact) mass is 327 g/mol. The molecule has 0 spiro atoms. The van der Waals surface area contributed by atoms with E-state index in [9.17, 15) is 4.79 Å². The SMILES string of the molecule is O=Cc1coc(-c2c(-c3ccccc3)cnnc2-c2ccccc2)n1. The topological polar surface area (TPSA) is 68.9 Å². The van der Waals surface area contributed by atoms with Crippen LogP contribution in [0.25, 0.3) is 33.8 Å². The van der Waals surface area contributed by atoms with Gasteiger partial charge in [-0.05, 0) is 5.56 Å². The Morgan fingerprint density at radius 2 is 1.56 bits per heavy atom. The van der Waals surface area contributed by atoms with E-state index in [2.05, 4.69) is 15.2 Å². The molecule has 25 heavy (non-hydrogen) atoms. The van der Waals surface area contributed by atoms with Crippen LogP contribution in [0.1, 0.15) is 10.5 Å². The maximum absolute atomic E-state index is 11.0. The molecular formula is C20H13N3O2. The zero-order valence-electron chi connectivity index (χ0n) is 13.2. The van der Waals surface area contributed by atoms with Gasteiger partial charge in [-0.3, -0.25) is 4.79 Å². The van der Waals surface area contributed by atoms with E-state index < -0.39 is 0 Å². The molecule has 2 aromatic heterocycles. The van der Waals surface area contributed by atoms with Crippen molar-refractivity contribution in [3.63, 3.8) is 0 Å². The molecule has 0 saturated heterocycles. The average molecular weight is 327 g/mol. The van der Waals surface area contributed by atoms with E-state index in [0.29, 0.717) is 23.4 Å². The summed E-state index contributed by atoms with van der Waals surface area (Å²) in [5.41, 5.74) is 4.31. The molecule has 0 radical (unpaired) electrons. The maximum Gasteiger partial charge on any atom is 0.229 e. The number of nitrogens with zero attached hydrogens (tertiary/aromatic N) is 3. The maximum atomic E-state index is 11.0. The summed E-state index contributed by atoms with van der Waals surface area (Å²) in [6.45, 7) is 0. The standard InChI is InChI=1S/C20H13N3O2/c24-12-16-13-25-20(22-16)18-17(14-7-3-1-4-8-14)11-21-23-19(18)15-9-5-2-6-10-15/h1-13H. The molecule has 5 nitrogen and oxygen atoms in total. The molecule has 0 aliphatic carbocycles. The zero-order valence-corrected chi connectivity index (χ0v) is 13.2. The molecule has 0 bridgehead atoms. The lowest BCUT2D eigenvalue weighted by molar-refractivity contribution is 0.111. The third-order valence-corrected chi connectivity index (χ3v) is 3.84. The minimum atomic E-state index is 0.241. The lowest BCUT2D eigenvalue weighted by Gasteiger charge is -2.11. The van der Waals surface area contributed by atoms with Crippen molar-refractivity contribution in [2.24, 2.45) is 0 Å². The van der Waals surface area contributed by atoms with Crippen molar-refractivity contribution in [1.29, 1.82) is 0 Å². The second-order valence-corrected chi connectivity index (χ2v) is 5.41. The van der Waals surface area contributed by atoms with Crippen LogP contribution in [0, 0.1) is 0 Å². The summed E-state index contributed by atoms with van der Waals surface area (Å²) in [5, 5.41) is 8.47. The van der Waals surface area contributed by atoms with Crippen LogP contribution in [0.4, 0.5) is 0 Å². The number of hydrogen-bond donors (Lipinski definition) is 0. The van der Waals surface area contributed by atoms with Gasteiger partial charge in [-0.1, -0.05) is 60.7 Å². The van der Waals surface area contributed by atoms with Crippen molar-refractivity contribution in [2.45, 2.75) is 0 Å². The smallest absolute Gasteiger partial charge is 0.229 e. The predicted molar refractivity (Wildman–Crippen MR) is 93.8 cm³/mol. The lowest BCUT2D eigenvalue weighted by atomic mass is 9.97. The van der Waals surface area contributed by atoms with E-state index >= 15 is 0 Å². The van der Waals surface area contributed by atoms with Crippen LogP contribution in [-0.4, -0.2) is 21.5 Å². The molecule has 0 aliphatic heterocycles. The van der Waals surface area contributed by atoms with Crippen LogP contribution in [0.3, 0.4) is 0 Å². The van der Waals surface area contributed by atoms with Gasteiger partial charge < -0.3 is 4.42 Å². The summed E-state index contributed by atoms with van der Waals surface area (Å²) in [6, 6.07) is 19.5. The Kier molecular flexibility index (Phi) is 3.88. The van der Waals surface area contributed by atoms with Gasteiger partial charge in [-0.2, -0.15) is 5.10 Å². The molecule has 4 aromatic rings. The van der Waals surface area contributed by atoms with Crippen LogP contribution >= 0.6 is 0 Å². The molecule has 0 unspecified atom stereocenters. The number of oxazole rings is 1. The number of hydrogen-bond acceptors (Lipinski definition) is 5. The molecule has 0 fully saturated rings. The van der Waals surface area contributed by atoms with Crippen molar-refractivity contribution >= 4 is 6.29 Å². The highest BCUT2D eigenvalue weighted by molar-refractivity contribution is 5.89. The van der Waals surface area contributed by atoms with E-state index in [4.69, 9.17) is 4.42 Å². The predicted octanol–water partition coefficient (Wildman–Crippen LogP) is 4.28. The molecule has 4 rings (SSSR count). The second kappa shape index (κ2) is 6.49. The highest BCUT2D eigenvalue weighted by atomic mass is 16.3. The molecular weight excluding hydrogens is 314 g/mol. The first-order valence-corrected chi connectivity index (χ1v) is 7.74. The quantitative estimate of drug-likeness (QED) is 0.523. The summed E-state index contributed by atoms with van der Waals surface area (Å²) >= 11 is 0. The first kappa shape index (κ1) is 15.0. The van der Waals surface area contributed by atoms with Crippen molar-refractivity contribution in [3.05, 3.63) is 78.8 Å². The average Bonchev–Trinajstić information content (AvgIpc) is 3.18. The van der Waals surface area contributed by atoms with E-state index in [-0.39, 0.29) is 5.69 Å². The number of aromatic nitrogens is 3. The molecule has 0 N–H and O–H groups in total. The Labute approximate surface area is 144 Å². The van der Waals surface area contributed by atoms with E-state index in [1.54, 1.807) is 6.20 Å². The fourth-order valence-corrected chi connectivity index (χ4v) is 2.69. The number of aldehydes is 1. The molecule has 0 amide bonds. The summed E-state index contributed by atoms with van der Waals surface area (Å²) in [7, 11) is 0. The first-order chi connectivity index (χ1) is 12.4. The van der Waals surface area contributed by atoms with Crippen molar-refractivity contribution in [1.82, 2.24) is 15.2 Å². The van der Waals surface area contributed by atoms with Gasteiger partial charge in [0.2, 0.25) is 5.89 Å². The van der Waals surface area contributed by atoms with Gasteiger partial charge in [0.15, 0.2) is 6.29 Å². The molecule has 0 saturated carbocycles. The minimum absolute atomic E-state index is 0.241. The Hall–Kier alpha value is -3.60. The van der Waals surface area contributed by atoms with Crippen LogP contribution in [-0.2, 0) is 0 Å². The summed E-state index contributed by atoms with van der Waals surface area (Å²) in [5.74, 6) is 0.342. The van der Waals surface area contributed by atoms with Gasteiger partial charge in [0.1, 0.15) is 17.7 Å². The fourth-order valence-electron chi connectivity index (χ4n) is 2.69. The van der Waals surface area contributed by atoms with Gasteiger partial charge in [0.25, 0.3) is 0 Å². The Morgan fingerprint density at radius 3 is 2.20 bits per heavy atom. The molecule has 2 heterocycles. The zero-order chi connectivity index (χ0) is 17.1. The normalized spacial score (nSPS) is 10.6. The fraction of sp³-hybridized carbons (Fsp3) is 0. The largest absolute Gasteiger partial charge is 0.444 e. The van der Waals surface area contributed by atoms with Gasteiger partial charge in [0.05, 0.1) is 11.8 Å². The highest BCUT2D eigenvalue weighted by Gasteiger charge is 2.20. The van der Waals surface area contributed by atoms with Gasteiger partial charge in [0, 0.05) is 11.1 Å². The molecule has 2 aromatic carbocycles. The van der Waals surface area contributed by atoms with E-state index in [0.717, 1.165) is 16.7 Å². The van der Waals surface area contributed by atoms with Gasteiger partial charge in [-0.15, -0.1) is 5.10 Å². The minimum Gasteiger partial charge on any atom is -0.444 e. The lowest BCUT2D eigenvalue weighted by Crippen LogP contribution is -1.96. The van der Waals surface area contributed by atoms with Crippen molar-refractivity contribution < 1.29 is 9.21 Å². The number of benzene rings is 2. The number of carbonyl (C=O) groups is 1. The Balaban J connectivity index is 2.01. The highest BCUT2D eigenvalue weighted by Crippen LogP contribution is 2.37. The van der Waals surface area contributed by atoms with E-state index in [1.165, 1.54) is 6.26 Å². The van der Waals surface area contributed by atoms with Crippen molar-refractivity contribution in [2.75, 3.05) is 0 Å². The Bertz CT molecular complexity index is 954. The Morgan fingerprint density at radius 1 is 0.880 bits per heavy atom. The summed E-state index contributed by atoms with van der Waals surface area (Å²) in [6.07, 6.45) is 3.68. The van der Waals surface area contributed by atoms with Crippen LogP contribution in [0.2, 0.25) is 0 Å². The summed E-state index contributed by atoms with van der Waals surface area (Å²) < 4.78 is 5.56. The third-order valence-electron chi connectivity index (χ3n) is 3.84. The van der Waals surface area contributed by atoms with Crippen LogP contribution < -0.4 is 0 Å². The third kappa shape index (κ3) is 2.83. The van der Waals surface area contributed by atoms with Crippen LogP contribution in [0.15, 0.2) is 77.5 Å².